The fourth-order valence-electron chi connectivity index (χ4n) is 3.58. The van der Waals surface area contributed by atoms with Gasteiger partial charge in [-0.05, 0) is 36.8 Å². The van der Waals surface area contributed by atoms with Crippen molar-refractivity contribution in [1.82, 2.24) is 10.2 Å². The number of nitrogens with one attached hydrogen (secondary N) is 1. The highest BCUT2D eigenvalue weighted by Gasteiger charge is 2.47. The molecule has 0 radical (unpaired) electrons. The molecule has 1 saturated heterocycles. The average molecular weight is 388 g/mol. The lowest BCUT2D eigenvalue weighted by Crippen LogP contribution is -2.46. The zero-order valence-electron chi connectivity index (χ0n) is 14.4. The summed E-state index contributed by atoms with van der Waals surface area (Å²) in [7, 11) is 0. The van der Waals surface area contributed by atoms with Gasteiger partial charge in [-0.3, -0.25) is 9.59 Å². The lowest BCUT2D eigenvalue weighted by Gasteiger charge is -2.32. The third-order valence-corrected chi connectivity index (χ3v) is 5.02. The van der Waals surface area contributed by atoms with Crippen LogP contribution < -0.4 is 11.1 Å². The molecule has 0 spiro atoms. The fourth-order valence-corrected chi connectivity index (χ4v) is 3.58. The number of likely N-dealkylation sites (tertiary alicyclic amines) is 1. The molecule has 2 aliphatic rings. The Morgan fingerprint density at radius 1 is 1.31 bits per heavy atom. The standard InChI is InChI=1S/C18H23F2N3O2.ClH/c19-12-3-4-13(16(20)8-12)14-9-15(14)18(25)23-7-1-2-11(10-23)17(24)22-6-5-21;/h3-4,8,11,14-15H,1-2,5-7,9-10,21H2,(H,22,24);1H. The molecule has 1 heterocycles. The molecule has 5 nitrogen and oxygen atoms in total. The van der Waals surface area contributed by atoms with Crippen LogP contribution in [0.25, 0.3) is 0 Å². The molecule has 1 aromatic carbocycles. The second-order valence-corrected chi connectivity index (χ2v) is 6.82. The van der Waals surface area contributed by atoms with Gasteiger partial charge in [0.25, 0.3) is 0 Å². The second-order valence-electron chi connectivity index (χ2n) is 6.82. The SMILES string of the molecule is Cl.NCCNC(=O)C1CCCN(C(=O)C2CC2c2ccc(F)cc2F)C1. The molecule has 3 rings (SSSR count). The minimum atomic E-state index is -0.618. The van der Waals surface area contributed by atoms with Crippen molar-refractivity contribution >= 4 is 24.2 Å². The van der Waals surface area contributed by atoms with E-state index in [-0.39, 0.29) is 42.0 Å². The van der Waals surface area contributed by atoms with Crippen LogP contribution in [0.1, 0.15) is 30.7 Å². The summed E-state index contributed by atoms with van der Waals surface area (Å²) >= 11 is 0. The van der Waals surface area contributed by atoms with Gasteiger partial charge in [0.15, 0.2) is 0 Å². The van der Waals surface area contributed by atoms with Crippen LogP contribution in [0.4, 0.5) is 8.78 Å². The number of nitrogens with two attached hydrogens (primary N) is 1. The summed E-state index contributed by atoms with van der Waals surface area (Å²) in [5.41, 5.74) is 5.79. The van der Waals surface area contributed by atoms with E-state index in [9.17, 15) is 18.4 Å². The monoisotopic (exact) mass is 387 g/mol. The van der Waals surface area contributed by atoms with Crippen LogP contribution >= 0.6 is 12.4 Å². The molecule has 26 heavy (non-hydrogen) atoms. The number of carbonyl (C=O) groups is 2. The number of benzene rings is 1. The molecule has 8 heteroatoms. The summed E-state index contributed by atoms with van der Waals surface area (Å²) < 4.78 is 26.9. The summed E-state index contributed by atoms with van der Waals surface area (Å²) in [6.07, 6.45) is 2.09. The van der Waals surface area contributed by atoms with Crippen LogP contribution in [-0.2, 0) is 9.59 Å². The van der Waals surface area contributed by atoms with Gasteiger partial charge in [0.05, 0.1) is 5.92 Å². The molecule has 0 aromatic heterocycles. The molecule has 0 bridgehead atoms. The third-order valence-electron chi connectivity index (χ3n) is 5.02. The predicted octanol–water partition coefficient (Wildman–Crippen LogP) is 1.80. The molecule has 1 saturated carbocycles. The molecule has 1 aromatic rings. The summed E-state index contributed by atoms with van der Waals surface area (Å²) in [6.45, 7) is 1.82. The van der Waals surface area contributed by atoms with Gasteiger partial charge in [0, 0.05) is 38.2 Å². The minimum Gasteiger partial charge on any atom is -0.355 e. The molecule has 3 unspecified atom stereocenters. The molecule has 3 N–H and O–H groups in total. The van der Waals surface area contributed by atoms with Gasteiger partial charge in [-0.1, -0.05) is 6.07 Å². The van der Waals surface area contributed by atoms with Crippen molar-refractivity contribution in [2.45, 2.75) is 25.2 Å². The van der Waals surface area contributed by atoms with Gasteiger partial charge in [-0.25, -0.2) is 8.78 Å². The number of carbonyl (C=O) groups excluding carboxylic acids is 2. The van der Waals surface area contributed by atoms with E-state index in [4.69, 9.17) is 5.73 Å². The van der Waals surface area contributed by atoms with E-state index in [1.54, 1.807) is 4.90 Å². The first-order valence-corrected chi connectivity index (χ1v) is 8.72. The van der Waals surface area contributed by atoms with E-state index in [2.05, 4.69) is 5.32 Å². The zero-order chi connectivity index (χ0) is 18.0. The van der Waals surface area contributed by atoms with Crippen LogP contribution in [0.3, 0.4) is 0 Å². The van der Waals surface area contributed by atoms with E-state index < -0.39 is 11.6 Å². The van der Waals surface area contributed by atoms with E-state index in [1.165, 1.54) is 12.1 Å². The highest BCUT2D eigenvalue weighted by Crippen LogP contribution is 2.49. The van der Waals surface area contributed by atoms with Crippen molar-refractivity contribution in [3.63, 3.8) is 0 Å². The van der Waals surface area contributed by atoms with Crippen molar-refractivity contribution in [2.75, 3.05) is 26.2 Å². The Morgan fingerprint density at radius 3 is 2.77 bits per heavy atom. The summed E-state index contributed by atoms with van der Waals surface area (Å²) in [5, 5.41) is 2.77. The lowest BCUT2D eigenvalue weighted by atomic mass is 9.96. The Balaban J connectivity index is 0.00000243. The van der Waals surface area contributed by atoms with Crippen molar-refractivity contribution in [3.8, 4) is 0 Å². The lowest BCUT2D eigenvalue weighted by molar-refractivity contribution is -0.136. The highest BCUT2D eigenvalue weighted by atomic mass is 35.5. The van der Waals surface area contributed by atoms with E-state index in [0.717, 1.165) is 18.9 Å². The number of hydrogen-bond donors (Lipinski definition) is 2. The topological polar surface area (TPSA) is 75.4 Å². The third kappa shape index (κ3) is 4.51. The van der Waals surface area contributed by atoms with Gasteiger partial charge >= 0.3 is 0 Å². The molecular formula is C18H24ClF2N3O2. The number of rotatable bonds is 5. The molecule has 1 aliphatic carbocycles. The summed E-state index contributed by atoms with van der Waals surface area (Å²) in [6, 6.07) is 3.49. The first kappa shape index (κ1) is 20.6. The highest BCUT2D eigenvalue weighted by molar-refractivity contribution is 5.85. The van der Waals surface area contributed by atoms with Crippen LogP contribution in [0.2, 0.25) is 0 Å². The number of amides is 2. The van der Waals surface area contributed by atoms with Crippen molar-refractivity contribution in [2.24, 2.45) is 17.6 Å². The van der Waals surface area contributed by atoms with E-state index in [0.29, 0.717) is 38.2 Å². The Morgan fingerprint density at radius 2 is 2.08 bits per heavy atom. The van der Waals surface area contributed by atoms with Gasteiger partial charge < -0.3 is 16.0 Å². The molecule has 1 aliphatic heterocycles. The number of hydrogen-bond acceptors (Lipinski definition) is 3. The number of halogens is 3. The smallest absolute Gasteiger partial charge is 0.226 e. The fraction of sp³-hybridized carbons (Fsp3) is 0.556. The first-order chi connectivity index (χ1) is 12.0. The Labute approximate surface area is 157 Å². The number of piperidine rings is 1. The van der Waals surface area contributed by atoms with Gasteiger partial charge in [-0.2, -0.15) is 0 Å². The molecule has 2 amide bonds. The molecule has 3 atom stereocenters. The largest absolute Gasteiger partial charge is 0.355 e. The normalized spacial score (nSPS) is 24.6. The predicted molar refractivity (Wildman–Crippen MR) is 95.8 cm³/mol. The Hall–Kier alpha value is -1.73. The Kier molecular flexibility index (Phi) is 6.94. The van der Waals surface area contributed by atoms with Crippen molar-refractivity contribution in [1.29, 1.82) is 0 Å². The van der Waals surface area contributed by atoms with E-state index >= 15 is 0 Å². The van der Waals surface area contributed by atoms with Gasteiger partial charge in [0.1, 0.15) is 11.6 Å². The second kappa shape index (κ2) is 8.77. The Bertz CT molecular complexity index is 674. The van der Waals surface area contributed by atoms with Crippen molar-refractivity contribution in [3.05, 3.63) is 35.4 Å². The summed E-state index contributed by atoms with van der Waals surface area (Å²) in [4.78, 5) is 26.5. The first-order valence-electron chi connectivity index (χ1n) is 8.72. The van der Waals surface area contributed by atoms with E-state index in [1.807, 2.05) is 0 Å². The minimum absolute atomic E-state index is 0. The van der Waals surface area contributed by atoms with Crippen molar-refractivity contribution < 1.29 is 18.4 Å². The zero-order valence-corrected chi connectivity index (χ0v) is 15.2. The maximum Gasteiger partial charge on any atom is 0.226 e. The van der Waals surface area contributed by atoms with Crippen LogP contribution in [0.5, 0.6) is 0 Å². The van der Waals surface area contributed by atoms with Gasteiger partial charge in [0.2, 0.25) is 11.8 Å². The molecule has 144 valence electrons. The number of nitrogens with zero attached hydrogens (tertiary/aromatic N) is 1. The quantitative estimate of drug-likeness (QED) is 0.809. The van der Waals surface area contributed by atoms with Gasteiger partial charge in [-0.15, -0.1) is 12.4 Å². The maximum absolute atomic E-state index is 13.9. The van der Waals surface area contributed by atoms with Crippen LogP contribution in [0.15, 0.2) is 18.2 Å². The molecular weight excluding hydrogens is 364 g/mol. The molecule has 2 fully saturated rings. The van der Waals surface area contributed by atoms with Crippen LogP contribution in [0, 0.1) is 23.5 Å². The summed E-state index contributed by atoms with van der Waals surface area (Å²) in [5.74, 6) is -2.01. The maximum atomic E-state index is 13.9. The van der Waals surface area contributed by atoms with Crippen LogP contribution in [-0.4, -0.2) is 42.9 Å². The average Bonchev–Trinajstić information content (AvgIpc) is 3.39.